The van der Waals surface area contributed by atoms with Gasteiger partial charge in [-0.25, -0.2) is 4.98 Å². The van der Waals surface area contributed by atoms with E-state index in [0.29, 0.717) is 29.9 Å². The fourth-order valence-corrected chi connectivity index (χ4v) is 1.06. The summed E-state index contributed by atoms with van der Waals surface area (Å²) in [7, 11) is 0. The van der Waals surface area contributed by atoms with Crippen molar-refractivity contribution in [2.45, 2.75) is 13.3 Å². The first-order valence-corrected chi connectivity index (χ1v) is 4.84. The zero-order valence-corrected chi connectivity index (χ0v) is 8.93. The molecule has 0 unspecified atom stereocenters. The maximum atomic E-state index is 11.1. The van der Waals surface area contributed by atoms with Gasteiger partial charge in [-0.2, -0.15) is 0 Å². The number of halogens is 1. The summed E-state index contributed by atoms with van der Waals surface area (Å²) >= 11 is 3.07. The van der Waals surface area contributed by atoms with Crippen molar-refractivity contribution in [1.82, 2.24) is 9.97 Å². The lowest BCUT2D eigenvalue weighted by atomic mass is 10.4. The van der Waals surface area contributed by atoms with Gasteiger partial charge >= 0.3 is 0 Å². The molecule has 1 aromatic heterocycles. The molecule has 0 amide bonds. The maximum absolute atomic E-state index is 11.1. The Kier molecular flexibility index (Phi) is 4.11. The molecule has 1 aromatic rings. The van der Waals surface area contributed by atoms with E-state index in [1.165, 1.54) is 6.20 Å². The van der Waals surface area contributed by atoms with E-state index in [1.807, 2.05) is 6.92 Å². The molecule has 1 N–H and O–H groups in total. The van der Waals surface area contributed by atoms with E-state index < -0.39 is 0 Å². The average molecular weight is 247 g/mol. The van der Waals surface area contributed by atoms with Gasteiger partial charge in [0, 0.05) is 19.2 Å². The Morgan fingerprint density at radius 1 is 1.69 bits per heavy atom. The van der Waals surface area contributed by atoms with Crippen LogP contribution in [0.15, 0.2) is 15.5 Å². The normalized spacial score (nSPS) is 10.3. The average Bonchev–Trinajstić information content (AvgIpc) is 2.12. The molecule has 0 spiro atoms. The number of rotatable bonds is 4. The Bertz CT molecular complexity index is 324. The molecule has 0 saturated heterocycles. The van der Waals surface area contributed by atoms with Crippen molar-refractivity contribution in [3.63, 3.8) is 0 Å². The number of H-pyrrole nitrogens is 1. The van der Waals surface area contributed by atoms with Crippen LogP contribution in [0.25, 0.3) is 0 Å². The van der Waals surface area contributed by atoms with Gasteiger partial charge in [0.15, 0.2) is 0 Å². The molecular formula is C8H11BrN2O2. The zero-order valence-electron chi connectivity index (χ0n) is 7.34. The largest absolute Gasteiger partial charge is 0.381 e. The highest BCUT2D eigenvalue weighted by atomic mass is 79.9. The number of nitrogens with zero attached hydrogens (tertiary/aromatic N) is 1. The molecule has 13 heavy (non-hydrogen) atoms. The van der Waals surface area contributed by atoms with Crippen LogP contribution in [0.2, 0.25) is 0 Å². The van der Waals surface area contributed by atoms with Crippen molar-refractivity contribution in [3.05, 3.63) is 26.8 Å². The lowest BCUT2D eigenvalue weighted by molar-refractivity contribution is 0.149. The summed E-state index contributed by atoms with van der Waals surface area (Å²) in [6.45, 7) is 3.19. The molecule has 1 rings (SSSR count). The summed E-state index contributed by atoms with van der Waals surface area (Å²) in [5, 5.41) is 0. The third-order valence-corrected chi connectivity index (χ3v) is 2.06. The smallest absolute Gasteiger partial charge is 0.265 e. The molecule has 0 atom stereocenters. The Labute approximate surface area is 84.5 Å². The second-order valence-electron chi connectivity index (χ2n) is 2.45. The lowest BCUT2D eigenvalue weighted by Crippen LogP contribution is -2.13. The number of hydrogen-bond acceptors (Lipinski definition) is 3. The molecule has 0 fully saturated rings. The predicted molar refractivity (Wildman–Crippen MR) is 52.8 cm³/mol. The van der Waals surface area contributed by atoms with Gasteiger partial charge in [0.2, 0.25) is 0 Å². The van der Waals surface area contributed by atoms with Gasteiger partial charge in [-0.3, -0.25) is 4.79 Å². The molecule has 0 bridgehead atoms. The standard InChI is InChI=1S/C8H11BrN2O2/c1-2-13-4-3-7-10-5-6(9)8(12)11-7/h5H,2-4H2,1H3,(H,10,11,12). The SMILES string of the molecule is CCOCCc1ncc(Br)c(=O)[nH]1. The molecule has 0 aliphatic carbocycles. The number of aromatic amines is 1. The van der Waals surface area contributed by atoms with E-state index in [-0.39, 0.29) is 5.56 Å². The van der Waals surface area contributed by atoms with Crippen LogP contribution in [-0.2, 0) is 11.2 Å². The number of nitrogens with one attached hydrogen (secondary N) is 1. The Hall–Kier alpha value is -0.680. The summed E-state index contributed by atoms with van der Waals surface area (Å²) in [6, 6.07) is 0. The highest BCUT2D eigenvalue weighted by molar-refractivity contribution is 9.10. The van der Waals surface area contributed by atoms with Crippen molar-refractivity contribution in [2.24, 2.45) is 0 Å². The number of ether oxygens (including phenoxy) is 1. The van der Waals surface area contributed by atoms with Crippen LogP contribution < -0.4 is 5.56 Å². The van der Waals surface area contributed by atoms with Gasteiger partial charge in [0.1, 0.15) is 10.3 Å². The van der Waals surface area contributed by atoms with Crippen molar-refractivity contribution in [2.75, 3.05) is 13.2 Å². The van der Waals surface area contributed by atoms with E-state index in [2.05, 4.69) is 25.9 Å². The first kappa shape index (κ1) is 10.4. The fourth-order valence-electron chi connectivity index (χ4n) is 0.856. The van der Waals surface area contributed by atoms with Crippen LogP contribution in [0.1, 0.15) is 12.7 Å². The first-order valence-electron chi connectivity index (χ1n) is 4.05. The highest BCUT2D eigenvalue weighted by Gasteiger charge is 1.98. The van der Waals surface area contributed by atoms with Crippen LogP contribution >= 0.6 is 15.9 Å². The zero-order chi connectivity index (χ0) is 9.68. The molecular weight excluding hydrogens is 236 g/mol. The first-order chi connectivity index (χ1) is 6.24. The number of hydrogen-bond donors (Lipinski definition) is 1. The summed E-state index contributed by atoms with van der Waals surface area (Å²) in [4.78, 5) is 17.8. The molecule has 5 heteroatoms. The Morgan fingerprint density at radius 3 is 3.08 bits per heavy atom. The van der Waals surface area contributed by atoms with Crippen molar-refractivity contribution in [1.29, 1.82) is 0 Å². The minimum atomic E-state index is -0.151. The molecule has 4 nitrogen and oxygen atoms in total. The van der Waals surface area contributed by atoms with E-state index in [0.717, 1.165) is 0 Å². The van der Waals surface area contributed by atoms with E-state index in [4.69, 9.17) is 4.74 Å². The molecule has 0 aliphatic heterocycles. The summed E-state index contributed by atoms with van der Waals surface area (Å²) in [6.07, 6.45) is 2.14. The van der Waals surface area contributed by atoms with Gasteiger partial charge in [0.25, 0.3) is 5.56 Å². The van der Waals surface area contributed by atoms with Gasteiger partial charge in [0.05, 0.1) is 6.61 Å². The van der Waals surface area contributed by atoms with Crippen LogP contribution in [0, 0.1) is 0 Å². The minimum Gasteiger partial charge on any atom is -0.381 e. The van der Waals surface area contributed by atoms with Crippen molar-refractivity contribution in [3.8, 4) is 0 Å². The van der Waals surface area contributed by atoms with Crippen LogP contribution in [-0.4, -0.2) is 23.2 Å². The van der Waals surface area contributed by atoms with Gasteiger partial charge in [-0.1, -0.05) is 0 Å². The topological polar surface area (TPSA) is 55.0 Å². The second kappa shape index (κ2) is 5.14. The summed E-state index contributed by atoms with van der Waals surface area (Å²) in [5.41, 5.74) is -0.151. The molecule has 0 aliphatic rings. The maximum Gasteiger partial charge on any atom is 0.265 e. The molecule has 1 heterocycles. The minimum absolute atomic E-state index is 0.151. The molecule has 0 radical (unpaired) electrons. The Balaban J connectivity index is 2.58. The lowest BCUT2D eigenvalue weighted by Gasteiger charge is -2.00. The highest BCUT2D eigenvalue weighted by Crippen LogP contribution is 1.98. The van der Waals surface area contributed by atoms with Gasteiger partial charge in [-0.05, 0) is 22.9 Å². The second-order valence-corrected chi connectivity index (χ2v) is 3.31. The monoisotopic (exact) mass is 246 g/mol. The summed E-state index contributed by atoms with van der Waals surface area (Å²) in [5.74, 6) is 0.654. The van der Waals surface area contributed by atoms with Gasteiger partial charge < -0.3 is 9.72 Å². The predicted octanol–water partition coefficient (Wildman–Crippen LogP) is 1.11. The van der Waals surface area contributed by atoms with Crippen molar-refractivity contribution < 1.29 is 4.74 Å². The molecule has 72 valence electrons. The van der Waals surface area contributed by atoms with Crippen LogP contribution in [0.3, 0.4) is 0 Å². The van der Waals surface area contributed by atoms with E-state index in [9.17, 15) is 4.79 Å². The van der Waals surface area contributed by atoms with E-state index >= 15 is 0 Å². The van der Waals surface area contributed by atoms with Crippen molar-refractivity contribution >= 4 is 15.9 Å². The number of aromatic nitrogens is 2. The van der Waals surface area contributed by atoms with Crippen LogP contribution in [0.5, 0.6) is 0 Å². The third-order valence-electron chi connectivity index (χ3n) is 1.50. The fraction of sp³-hybridized carbons (Fsp3) is 0.500. The van der Waals surface area contributed by atoms with E-state index in [1.54, 1.807) is 0 Å². The summed E-state index contributed by atoms with van der Waals surface area (Å²) < 4.78 is 5.59. The quantitative estimate of drug-likeness (QED) is 0.811. The third kappa shape index (κ3) is 3.28. The van der Waals surface area contributed by atoms with Gasteiger partial charge in [-0.15, -0.1) is 0 Å². The molecule has 0 aromatic carbocycles. The molecule has 0 saturated carbocycles. The van der Waals surface area contributed by atoms with Crippen LogP contribution in [0.4, 0.5) is 0 Å². The Morgan fingerprint density at radius 2 is 2.46 bits per heavy atom.